The van der Waals surface area contributed by atoms with Crippen LogP contribution in [0.15, 0.2) is 91.3 Å². The van der Waals surface area contributed by atoms with Crippen LogP contribution < -0.4 is 10.2 Å². The van der Waals surface area contributed by atoms with Crippen LogP contribution in [0, 0.1) is 0 Å². The number of anilines is 1. The number of hydrogen-bond donors (Lipinski definition) is 3. The van der Waals surface area contributed by atoms with E-state index in [1.165, 1.54) is 0 Å². The second kappa shape index (κ2) is 18.0. The number of carboxylic acids is 1. The van der Waals surface area contributed by atoms with Crippen molar-refractivity contribution in [3.63, 3.8) is 0 Å². The molecule has 268 valence electrons. The topological polar surface area (TPSA) is 137 Å². The van der Waals surface area contributed by atoms with Gasteiger partial charge in [0.1, 0.15) is 0 Å². The summed E-state index contributed by atoms with van der Waals surface area (Å²) in [7, 11) is 0. The lowest BCUT2D eigenvalue weighted by molar-refractivity contribution is -0.253. The maximum Gasteiger partial charge on any atom is 0.303 e. The molecule has 0 unspecified atom stereocenters. The van der Waals surface area contributed by atoms with Gasteiger partial charge < -0.3 is 29.9 Å². The lowest BCUT2D eigenvalue weighted by Crippen LogP contribution is -2.50. The SMILES string of the molecule is O=C(O)CCCCCC(=O)NCc1cccc(-c2cccc([C@H]3O[C@@H](CN4CCN(c5ncccn5)CC4)C[C@@H](c4ccc(CO)cc4)O3)c2)c1. The smallest absolute Gasteiger partial charge is 0.303 e. The third kappa shape index (κ3) is 10.4. The van der Waals surface area contributed by atoms with E-state index in [1.807, 2.05) is 54.6 Å². The number of rotatable bonds is 15. The molecule has 0 radical (unpaired) electrons. The maximum atomic E-state index is 12.4. The molecule has 51 heavy (non-hydrogen) atoms. The van der Waals surface area contributed by atoms with Crippen LogP contribution in [0.2, 0.25) is 0 Å². The van der Waals surface area contributed by atoms with E-state index in [-0.39, 0.29) is 31.1 Å². The minimum absolute atomic E-state index is 0.00326. The van der Waals surface area contributed by atoms with Crippen molar-refractivity contribution in [3.05, 3.63) is 114 Å². The van der Waals surface area contributed by atoms with Crippen LogP contribution in [0.1, 0.15) is 73.2 Å². The van der Waals surface area contributed by atoms with Gasteiger partial charge in [0, 0.05) is 76.5 Å². The normalized spacial score (nSPS) is 19.5. The molecular formula is C40H47N5O6. The number of carboxylic acid groups (broad SMARTS) is 1. The fourth-order valence-electron chi connectivity index (χ4n) is 6.66. The van der Waals surface area contributed by atoms with E-state index < -0.39 is 12.3 Å². The van der Waals surface area contributed by atoms with Gasteiger partial charge in [-0.3, -0.25) is 14.5 Å². The van der Waals surface area contributed by atoms with Crippen LogP contribution >= 0.6 is 0 Å². The first kappa shape index (κ1) is 36.1. The Hall–Kier alpha value is -4.68. The summed E-state index contributed by atoms with van der Waals surface area (Å²) in [5.41, 5.74) is 5.90. The molecule has 0 saturated carbocycles. The molecule has 11 nitrogen and oxygen atoms in total. The standard InChI is InChI=1S/C40H47N5O6/c46-28-29-13-15-31(16-14-29)36-25-35(27-44-19-21-45(22-20-44)40-41-17-6-18-42-40)50-39(51-36)34-10-5-9-33(24-34)32-8-4-7-30(23-32)26-43-37(47)11-2-1-3-12-38(48)49/h4-10,13-18,23-24,35-36,39,46H,1-3,11-12,19-22,25-28H2,(H,43,47)(H,48,49)/t35-,36+,39+/m1/s1. The van der Waals surface area contributed by atoms with E-state index in [2.05, 4.69) is 49.4 Å². The highest BCUT2D eigenvalue weighted by molar-refractivity contribution is 5.76. The van der Waals surface area contributed by atoms with Crippen LogP contribution in [-0.2, 0) is 32.2 Å². The number of amides is 1. The molecule has 3 N–H and O–H groups in total. The Morgan fingerprint density at radius 2 is 1.51 bits per heavy atom. The van der Waals surface area contributed by atoms with Crippen molar-refractivity contribution in [2.24, 2.45) is 0 Å². The molecule has 3 heterocycles. The van der Waals surface area contributed by atoms with Gasteiger partial charge >= 0.3 is 5.97 Å². The highest BCUT2D eigenvalue weighted by atomic mass is 16.7. The molecule has 2 fully saturated rings. The average molecular weight is 694 g/mol. The van der Waals surface area contributed by atoms with Crippen molar-refractivity contribution in [1.29, 1.82) is 0 Å². The lowest BCUT2D eigenvalue weighted by Gasteiger charge is -2.40. The molecule has 2 aliphatic rings. The maximum absolute atomic E-state index is 12.4. The Morgan fingerprint density at radius 1 is 0.784 bits per heavy atom. The van der Waals surface area contributed by atoms with E-state index in [1.54, 1.807) is 12.4 Å². The number of benzene rings is 3. The number of aromatic nitrogens is 2. The number of nitrogens with zero attached hydrogens (tertiary/aromatic N) is 4. The van der Waals surface area contributed by atoms with Gasteiger partial charge in [0.2, 0.25) is 11.9 Å². The Bertz CT molecular complexity index is 1710. The third-order valence-electron chi connectivity index (χ3n) is 9.49. The van der Waals surface area contributed by atoms with E-state index in [4.69, 9.17) is 14.6 Å². The second-order valence-corrected chi connectivity index (χ2v) is 13.2. The molecule has 11 heteroatoms. The summed E-state index contributed by atoms with van der Waals surface area (Å²) in [6, 6.07) is 26.2. The zero-order valence-electron chi connectivity index (χ0n) is 28.9. The van der Waals surface area contributed by atoms with Gasteiger partial charge in [0.25, 0.3) is 0 Å². The summed E-state index contributed by atoms with van der Waals surface area (Å²) >= 11 is 0. The van der Waals surface area contributed by atoms with Crippen LogP contribution in [-0.4, -0.2) is 75.8 Å². The summed E-state index contributed by atoms with van der Waals surface area (Å²) < 4.78 is 13.4. The number of carbonyl (C=O) groups is 2. The quantitative estimate of drug-likeness (QED) is 0.134. The fourth-order valence-corrected chi connectivity index (χ4v) is 6.66. The molecule has 2 aliphatic heterocycles. The van der Waals surface area contributed by atoms with Crippen molar-refractivity contribution >= 4 is 17.8 Å². The Kier molecular flexibility index (Phi) is 12.8. The molecule has 1 amide bonds. The zero-order valence-corrected chi connectivity index (χ0v) is 28.9. The summed E-state index contributed by atoms with van der Waals surface area (Å²) in [6.45, 7) is 4.67. The van der Waals surface area contributed by atoms with E-state index >= 15 is 0 Å². The minimum Gasteiger partial charge on any atom is -0.481 e. The monoisotopic (exact) mass is 693 g/mol. The molecule has 0 aliphatic carbocycles. The first-order chi connectivity index (χ1) is 24.9. The first-order valence-electron chi connectivity index (χ1n) is 17.9. The lowest BCUT2D eigenvalue weighted by atomic mass is 9.98. The molecule has 3 atom stereocenters. The van der Waals surface area contributed by atoms with E-state index in [0.717, 1.165) is 78.5 Å². The number of hydrogen-bond acceptors (Lipinski definition) is 9. The molecule has 4 aromatic rings. The van der Waals surface area contributed by atoms with Crippen LogP contribution in [0.4, 0.5) is 5.95 Å². The first-order valence-corrected chi connectivity index (χ1v) is 17.9. The van der Waals surface area contributed by atoms with Gasteiger partial charge in [0.05, 0.1) is 18.8 Å². The zero-order chi connectivity index (χ0) is 35.4. The van der Waals surface area contributed by atoms with Crippen LogP contribution in [0.5, 0.6) is 0 Å². The van der Waals surface area contributed by atoms with Crippen LogP contribution in [0.25, 0.3) is 11.1 Å². The van der Waals surface area contributed by atoms with Gasteiger partial charge in [-0.15, -0.1) is 0 Å². The fraction of sp³-hybridized carbons (Fsp3) is 0.400. The predicted molar refractivity (Wildman–Crippen MR) is 194 cm³/mol. The van der Waals surface area contributed by atoms with Crippen molar-refractivity contribution < 1.29 is 29.3 Å². The number of piperazine rings is 1. The van der Waals surface area contributed by atoms with Crippen molar-refractivity contribution in [2.75, 3.05) is 37.6 Å². The molecule has 0 bridgehead atoms. The number of aliphatic hydroxyl groups excluding tert-OH is 1. The van der Waals surface area contributed by atoms with Crippen molar-refractivity contribution in [3.8, 4) is 11.1 Å². The summed E-state index contributed by atoms with van der Waals surface area (Å²) in [6.07, 6.45) is 5.98. The van der Waals surface area contributed by atoms with E-state index in [0.29, 0.717) is 32.2 Å². The molecule has 0 spiro atoms. The summed E-state index contributed by atoms with van der Waals surface area (Å²) in [5.74, 6) is -0.0720. The Balaban J connectivity index is 1.11. The summed E-state index contributed by atoms with van der Waals surface area (Å²) in [5, 5.41) is 21.4. The van der Waals surface area contributed by atoms with Gasteiger partial charge in [0.15, 0.2) is 6.29 Å². The Labute approximate surface area is 299 Å². The van der Waals surface area contributed by atoms with Crippen molar-refractivity contribution in [2.45, 2.75) is 70.2 Å². The molecular weight excluding hydrogens is 646 g/mol. The highest BCUT2D eigenvalue weighted by Crippen LogP contribution is 2.39. The van der Waals surface area contributed by atoms with Gasteiger partial charge in [-0.05, 0) is 58.9 Å². The number of nitrogens with one attached hydrogen (secondary N) is 1. The molecule has 1 aromatic heterocycles. The molecule has 3 aromatic carbocycles. The van der Waals surface area contributed by atoms with E-state index in [9.17, 15) is 14.7 Å². The number of carbonyl (C=O) groups excluding carboxylic acids is 1. The average Bonchev–Trinajstić information content (AvgIpc) is 3.17. The van der Waals surface area contributed by atoms with Crippen LogP contribution in [0.3, 0.4) is 0 Å². The number of aliphatic carboxylic acids is 1. The summed E-state index contributed by atoms with van der Waals surface area (Å²) in [4.78, 5) is 36.6. The highest BCUT2D eigenvalue weighted by Gasteiger charge is 2.34. The van der Waals surface area contributed by atoms with Crippen molar-refractivity contribution in [1.82, 2.24) is 20.2 Å². The largest absolute Gasteiger partial charge is 0.481 e. The molecule has 6 rings (SSSR count). The number of unbranched alkanes of at least 4 members (excludes halogenated alkanes) is 2. The van der Waals surface area contributed by atoms with Gasteiger partial charge in [-0.1, -0.05) is 67.1 Å². The van der Waals surface area contributed by atoms with Gasteiger partial charge in [-0.2, -0.15) is 0 Å². The minimum atomic E-state index is -0.803. The molecule has 2 saturated heterocycles. The Morgan fingerprint density at radius 3 is 2.25 bits per heavy atom. The second-order valence-electron chi connectivity index (χ2n) is 13.2. The number of aliphatic hydroxyl groups is 1. The number of ether oxygens (including phenoxy) is 2. The van der Waals surface area contributed by atoms with Gasteiger partial charge in [-0.25, -0.2) is 9.97 Å². The third-order valence-corrected chi connectivity index (χ3v) is 9.49. The predicted octanol–water partition coefficient (Wildman–Crippen LogP) is 5.65.